The predicted octanol–water partition coefficient (Wildman–Crippen LogP) is 3.75. The van der Waals surface area contributed by atoms with Crippen LogP contribution in [-0.4, -0.2) is 24.0 Å². The highest BCUT2D eigenvalue weighted by atomic mass is 16.5. The van der Waals surface area contributed by atoms with Crippen LogP contribution in [0.25, 0.3) is 0 Å². The molecule has 0 N–H and O–H groups in total. The Labute approximate surface area is 126 Å². The smallest absolute Gasteiger partial charge is 0.343 e. The van der Waals surface area contributed by atoms with Crippen molar-refractivity contribution in [1.29, 1.82) is 0 Å². The van der Waals surface area contributed by atoms with Crippen molar-refractivity contribution in [2.24, 2.45) is 0 Å². The predicted molar refractivity (Wildman–Crippen MR) is 84.5 cm³/mol. The van der Waals surface area contributed by atoms with Gasteiger partial charge in [0.1, 0.15) is 5.75 Å². The number of hydrogen-bond acceptors (Lipinski definition) is 3. The minimum atomic E-state index is -0.324. The fourth-order valence-corrected chi connectivity index (χ4v) is 2.11. The van der Waals surface area contributed by atoms with Crippen LogP contribution in [0.5, 0.6) is 5.75 Å². The minimum Gasteiger partial charge on any atom is -0.423 e. The summed E-state index contributed by atoms with van der Waals surface area (Å²) in [5.41, 5.74) is 1.78. The molecule has 21 heavy (non-hydrogen) atoms. The van der Waals surface area contributed by atoms with Crippen LogP contribution >= 0.6 is 0 Å². The summed E-state index contributed by atoms with van der Waals surface area (Å²) in [5, 5.41) is 0. The molecule has 0 amide bonds. The molecule has 3 nitrogen and oxygen atoms in total. The summed E-state index contributed by atoms with van der Waals surface area (Å²) in [7, 11) is 0. The lowest BCUT2D eigenvalue weighted by Crippen LogP contribution is -2.22. The summed E-state index contributed by atoms with van der Waals surface area (Å²) in [6.45, 7) is 7.24. The van der Waals surface area contributed by atoms with Crippen molar-refractivity contribution in [3.05, 3.63) is 65.7 Å². The molecule has 0 saturated carbocycles. The van der Waals surface area contributed by atoms with Gasteiger partial charge in [0, 0.05) is 6.54 Å². The highest BCUT2D eigenvalue weighted by Gasteiger charge is 2.08. The zero-order valence-corrected chi connectivity index (χ0v) is 12.6. The van der Waals surface area contributed by atoms with Crippen LogP contribution in [0.4, 0.5) is 0 Å². The number of hydrogen-bond donors (Lipinski definition) is 0. The third-order valence-corrected chi connectivity index (χ3v) is 3.44. The van der Waals surface area contributed by atoms with Gasteiger partial charge in [-0.15, -0.1) is 0 Å². The summed E-state index contributed by atoms with van der Waals surface area (Å²) in [4.78, 5) is 14.4. The Balaban J connectivity index is 2.00. The highest BCUT2D eigenvalue weighted by Crippen LogP contribution is 2.13. The average Bonchev–Trinajstić information content (AvgIpc) is 2.54. The molecule has 2 rings (SSSR count). The zero-order chi connectivity index (χ0) is 15.1. The van der Waals surface area contributed by atoms with Gasteiger partial charge in [0.25, 0.3) is 0 Å². The average molecular weight is 283 g/mol. The molecule has 0 radical (unpaired) electrons. The fraction of sp³-hybridized carbons (Fsp3) is 0.278. The van der Waals surface area contributed by atoms with E-state index in [0.29, 0.717) is 11.3 Å². The molecule has 0 aliphatic carbocycles. The molecule has 0 fully saturated rings. The minimum absolute atomic E-state index is 0.324. The molecule has 0 aromatic heterocycles. The Morgan fingerprint density at radius 3 is 2.14 bits per heavy atom. The Hall–Kier alpha value is -2.13. The SMILES string of the molecule is CCN(CC)Cc1ccc(C(=O)Oc2ccccc2)cc1. The summed E-state index contributed by atoms with van der Waals surface area (Å²) in [5.74, 6) is 0.241. The van der Waals surface area contributed by atoms with E-state index in [4.69, 9.17) is 4.74 Å². The maximum absolute atomic E-state index is 12.0. The van der Waals surface area contributed by atoms with Gasteiger partial charge >= 0.3 is 5.97 Å². The monoisotopic (exact) mass is 283 g/mol. The van der Waals surface area contributed by atoms with Crippen molar-refractivity contribution in [3.63, 3.8) is 0 Å². The van der Waals surface area contributed by atoms with E-state index < -0.39 is 0 Å². The molecule has 0 heterocycles. The van der Waals surface area contributed by atoms with Crippen molar-refractivity contribution < 1.29 is 9.53 Å². The van der Waals surface area contributed by atoms with Crippen molar-refractivity contribution in [2.45, 2.75) is 20.4 Å². The number of para-hydroxylation sites is 1. The van der Waals surface area contributed by atoms with Crippen LogP contribution in [0.1, 0.15) is 29.8 Å². The van der Waals surface area contributed by atoms with E-state index in [1.807, 2.05) is 42.5 Å². The van der Waals surface area contributed by atoms with E-state index in [1.54, 1.807) is 12.1 Å². The van der Waals surface area contributed by atoms with Gasteiger partial charge in [-0.3, -0.25) is 4.90 Å². The fourth-order valence-electron chi connectivity index (χ4n) is 2.11. The van der Waals surface area contributed by atoms with E-state index in [-0.39, 0.29) is 5.97 Å². The van der Waals surface area contributed by atoms with Crippen molar-refractivity contribution in [3.8, 4) is 5.75 Å². The number of esters is 1. The quantitative estimate of drug-likeness (QED) is 0.597. The third-order valence-electron chi connectivity index (χ3n) is 3.44. The zero-order valence-electron chi connectivity index (χ0n) is 12.6. The highest BCUT2D eigenvalue weighted by molar-refractivity contribution is 5.91. The van der Waals surface area contributed by atoms with E-state index in [0.717, 1.165) is 19.6 Å². The lowest BCUT2D eigenvalue weighted by molar-refractivity contribution is 0.0735. The van der Waals surface area contributed by atoms with Gasteiger partial charge in [-0.05, 0) is 42.9 Å². The number of carbonyl (C=O) groups excluding carboxylic acids is 1. The molecular formula is C18H21NO2. The number of benzene rings is 2. The standard InChI is InChI=1S/C18H21NO2/c1-3-19(4-2)14-15-10-12-16(13-11-15)18(20)21-17-8-6-5-7-9-17/h5-13H,3-4,14H2,1-2H3. The topological polar surface area (TPSA) is 29.5 Å². The second-order valence-corrected chi connectivity index (χ2v) is 4.86. The Morgan fingerprint density at radius 1 is 0.952 bits per heavy atom. The van der Waals surface area contributed by atoms with Crippen LogP contribution in [0.3, 0.4) is 0 Å². The lowest BCUT2D eigenvalue weighted by Gasteiger charge is -2.17. The number of carbonyl (C=O) groups is 1. The van der Waals surface area contributed by atoms with Gasteiger partial charge in [0.15, 0.2) is 0 Å². The van der Waals surface area contributed by atoms with Gasteiger partial charge in [-0.2, -0.15) is 0 Å². The molecule has 0 aliphatic heterocycles. The normalized spacial score (nSPS) is 10.6. The molecule has 0 saturated heterocycles. The second kappa shape index (κ2) is 7.60. The Bertz CT molecular complexity index is 560. The molecule has 2 aromatic rings. The molecule has 3 heteroatoms. The maximum Gasteiger partial charge on any atom is 0.343 e. The number of ether oxygens (including phenoxy) is 1. The first kappa shape index (κ1) is 15.3. The second-order valence-electron chi connectivity index (χ2n) is 4.86. The largest absolute Gasteiger partial charge is 0.423 e. The molecule has 0 unspecified atom stereocenters. The van der Waals surface area contributed by atoms with Gasteiger partial charge < -0.3 is 4.74 Å². The molecule has 0 atom stereocenters. The van der Waals surface area contributed by atoms with Crippen LogP contribution < -0.4 is 4.74 Å². The molecule has 0 spiro atoms. The molecule has 0 bridgehead atoms. The van der Waals surface area contributed by atoms with Gasteiger partial charge in [-0.25, -0.2) is 4.79 Å². The van der Waals surface area contributed by atoms with Crippen molar-refractivity contribution in [1.82, 2.24) is 4.90 Å². The van der Waals surface area contributed by atoms with Crippen molar-refractivity contribution >= 4 is 5.97 Å². The van der Waals surface area contributed by atoms with E-state index in [1.165, 1.54) is 5.56 Å². The Morgan fingerprint density at radius 2 is 1.57 bits per heavy atom. The third kappa shape index (κ3) is 4.43. The van der Waals surface area contributed by atoms with Gasteiger partial charge in [0.05, 0.1) is 5.56 Å². The van der Waals surface area contributed by atoms with Gasteiger partial charge in [-0.1, -0.05) is 44.2 Å². The Kier molecular flexibility index (Phi) is 5.52. The summed E-state index contributed by atoms with van der Waals surface area (Å²) in [6.07, 6.45) is 0. The molecule has 110 valence electrons. The van der Waals surface area contributed by atoms with Crippen molar-refractivity contribution in [2.75, 3.05) is 13.1 Å². The van der Waals surface area contributed by atoms with E-state index in [2.05, 4.69) is 18.7 Å². The number of nitrogens with zero attached hydrogens (tertiary/aromatic N) is 1. The molecular weight excluding hydrogens is 262 g/mol. The summed E-state index contributed by atoms with van der Waals surface area (Å²) < 4.78 is 5.31. The van der Waals surface area contributed by atoms with Crippen LogP contribution in [0.15, 0.2) is 54.6 Å². The first-order chi connectivity index (χ1) is 10.2. The van der Waals surface area contributed by atoms with E-state index >= 15 is 0 Å². The lowest BCUT2D eigenvalue weighted by atomic mass is 10.1. The molecule has 0 aliphatic rings. The summed E-state index contributed by atoms with van der Waals surface area (Å²) >= 11 is 0. The van der Waals surface area contributed by atoms with Crippen LogP contribution in [-0.2, 0) is 6.54 Å². The number of rotatable bonds is 6. The first-order valence-electron chi connectivity index (χ1n) is 7.31. The van der Waals surface area contributed by atoms with Crippen LogP contribution in [0.2, 0.25) is 0 Å². The molecule has 2 aromatic carbocycles. The maximum atomic E-state index is 12.0. The van der Waals surface area contributed by atoms with Gasteiger partial charge in [0.2, 0.25) is 0 Å². The van der Waals surface area contributed by atoms with Crippen LogP contribution in [0, 0.1) is 0 Å². The summed E-state index contributed by atoms with van der Waals surface area (Å²) in [6, 6.07) is 16.7. The first-order valence-corrected chi connectivity index (χ1v) is 7.31. The van der Waals surface area contributed by atoms with E-state index in [9.17, 15) is 4.79 Å².